The molecular formula is C27H23NO4. The summed E-state index contributed by atoms with van der Waals surface area (Å²) in [5, 5.41) is 11.0. The minimum absolute atomic E-state index is 0.0805. The highest BCUT2D eigenvalue weighted by Crippen LogP contribution is 2.40. The van der Waals surface area contributed by atoms with Gasteiger partial charge in [-0.3, -0.25) is 9.59 Å². The SMILES string of the molecule is C=CCOc1ccc(C2C(=C(O)c3ccccc3)C(=O)C(=O)N2Cc2ccccc2)cc1. The number of benzene rings is 3. The van der Waals surface area contributed by atoms with E-state index in [0.29, 0.717) is 23.5 Å². The van der Waals surface area contributed by atoms with Gasteiger partial charge in [-0.1, -0.05) is 85.5 Å². The molecule has 1 atom stereocenters. The van der Waals surface area contributed by atoms with E-state index < -0.39 is 17.7 Å². The highest BCUT2D eigenvalue weighted by atomic mass is 16.5. The van der Waals surface area contributed by atoms with E-state index in [0.717, 1.165) is 5.56 Å². The van der Waals surface area contributed by atoms with Crippen LogP contribution in [0.3, 0.4) is 0 Å². The van der Waals surface area contributed by atoms with Gasteiger partial charge < -0.3 is 14.7 Å². The normalized spacial score (nSPS) is 17.4. The monoisotopic (exact) mass is 425 g/mol. The Labute approximate surface area is 186 Å². The average molecular weight is 425 g/mol. The van der Waals surface area contributed by atoms with Crippen molar-refractivity contribution in [3.05, 3.63) is 120 Å². The first-order chi connectivity index (χ1) is 15.6. The van der Waals surface area contributed by atoms with Crippen molar-refractivity contribution < 1.29 is 19.4 Å². The maximum Gasteiger partial charge on any atom is 0.295 e. The van der Waals surface area contributed by atoms with Crippen LogP contribution in [0.2, 0.25) is 0 Å². The van der Waals surface area contributed by atoms with Crippen molar-refractivity contribution in [3.8, 4) is 5.75 Å². The van der Waals surface area contributed by atoms with Crippen molar-refractivity contribution in [2.75, 3.05) is 6.61 Å². The zero-order valence-electron chi connectivity index (χ0n) is 17.5. The molecule has 1 aliphatic heterocycles. The first kappa shape index (κ1) is 21.1. The molecule has 160 valence electrons. The molecule has 1 saturated heterocycles. The third-order valence-electron chi connectivity index (χ3n) is 5.35. The third kappa shape index (κ3) is 4.18. The average Bonchev–Trinajstić information content (AvgIpc) is 3.08. The summed E-state index contributed by atoms with van der Waals surface area (Å²) in [6.07, 6.45) is 1.66. The molecule has 1 aliphatic rings. The fourth-order valence-electron chi connectivity index (χ4n) is 3.82. The molecular weight excluding hydrogens is 402 g/mol. The standard InChI is InChI=1S/C27H23NO4/c1-2-17-32-22-15-13-20(14-16-22)24-23(25(29)21-11-7-4-8-12-21)26(30)27(31)28(24)18-19-9-5-3-6-10-19/h2-16,24,29H,1,17-18H2. The number of aliphatic hydroxyl groups excluding tert-OH is 1. The zero-order chi connectivity index (χ0) is 22.5. The Morgan fingerprint density at radius 1 is 0.938 bits per heavy atom. The Morgan fingerprint density at radius 3 is 2.19 bits per heavy atom. The third-order valence-corrected chi connectivity index (χ3v) is 5.35. The molecule has 5 nitrogen and oxygen atoms in total. The molecule has 32 heavy (non-hydrogen) atoms. The molecule has 0 bridgehead atoms. The number of hydrogen-bond acceptors (Lipinski definition) is 4. The summed E-state index contributed by atoms with van der Waals surface area (Å²) in [6, 6.07) is 24.7. The van der Waals surface area contributed by atoms with Crippen LogP contribution in [-0.4, -0.2) is 28.3 Å². The van der Waals surface area contributed by atoms with Crippen LogP contribution in [0.4, 0.5) is 0 Å². The number of carbonyl (C=O) groups excluding carboxylic acids is 2. The van der Waals surface area contributed by atoms with Gasteiger partial charge in [0.15, 0.2) is 0 Å². The fourth-order valence-corrected chi connectivity index (χ4v) is 3.82. The molecule has 1 fully saturated rings. The van der Waals surface area contributed by atoms with E-state index in [1.165, 1.54) is 4.90 Å². The quantitative estimate of drug-likeness (QED) is 0.254. The Kier molecular flexibility index (Phi) is 6.17. The van der Waals surface area contributed by atoms with Gasteiger partial charge >= 0.3 is 0 Å². The second-order valence-corrected chi connectivity index (χ2v) is 7.45. The number of rotatable bonds is 7. The minimum atomic E-state index is -0.719. The van der Waals surface area contributed by atoms with E-state index in [4.69, 9.17) is 4.74 Å². The number of ether oxygens (including phenoxy) is 1. The van der Waals surface area contributed by atoms with E-state index >= 15 is 0 Å². The van der Waals surface area contributed by atoms with Gasteiger partial charge in [-0.05, 0) is 23.3 Å². The van der Waals surface area contributed by atoms with Crippen LogP contribution < -0.4 is 4.74 Å². The smallest absolute Gasteiger partial charge is 0.295 e. The minimum Gasteiger partial charge on any atom is -0.507 e. The molecule has 0 aromatic heterocycles. The van der Waals surface area contributed by atoms with Gasteiger partial charge in [0.25, 0.3) is 11.7 Å². The number of ketones is 1. The van der Waals surface area contributed by atoms with Crippen molar-refractivity contribution in [2.24, 2.45) is 0 Å². The summed E-state index contributed by atoms with van der Waals surface area (Å²) in [7, 11) is 0. The second kappa shape index (κ2) is 9.35. The Morgan fingerprint density at radius 2 is 1.56 bits per heavy atom. The van der Waals surface area contributed by atoms with E-state index in [2.05, 4.69) is 6.58 Å². The zero-order valence-corrected chi connectivity index (χ0v) is 17.5. The lowest BCUT2D eigenvalue weighted by Gasteiger charge is -2.25. The number of aliphatic hydroxyl groups is 1. The van der Waals surface area contributed by atoms with E-state index in [1.807, 2.05) is 48.5 Å². The van der Waals surface area contributed by atoms with Crippen LogP contribution >= 0.6 is 0 Å². The molecule has 0 saturated carbocycles. The highest BCUT2D eigenvalue weighted by Gasteiger charge is 2.46. The predicted octanol–water partition coefficient (Wildman–Crippen LogP) is 4.87. The number of amides is 1. The highest BCUT2D eigenvalue weighted by molar-refractivity contribution is 6.46. The van der Waals surface area contributed by atoms with Gasteiger partial charge in [0.05, 0.1) is 11.6 Å². The first-order valence-electron chi connectivity index (χ1n) is 10.3. The largest absolute Gasteiger partial charge is 0.507 e. The lowest BCUT2D eigenvalue weighted by molar-refractivity contribution is -0.140. The molecule has 1 unspecified atom stereocenters. The lowest BCUT2D eigenvalue weighted by Crippen LogP contribution is -2.29. The van der Waals surface area contributed by atoms with Gasteiger partial charge in [-0.2, -0.15) is 0 Å². The summed E-state index contributed by atoms with van der Waals surface area (Å²) >= 11 is 0. The number of carbonyl (C=O) groups is 2. The number of nitrogens with zero attached hydrogens (tertiary/aromatic N) is 1. The molecule has 0 aliphatic carbocycles. The second-order valence-electron chi connectivity index (χ2n) is 7.45. The summed E-state index contributed by atoms with van der Waals surface area (Å²) in [6.45, 7) is 4.26. The molecule has 4 rings (SSSR count). The molecule has 5 heteroatoms. The lowest BCUT2D eigenvalue weighted by atomic mass is 9.95. The topological polar surface area (TPSA) is 66.8 Å². The van der Waals surface area contributed by atoms with Crippen LogP contribution in [-0.2, 0) is 16.1 Å². The van der Waals surface area contributed by atoms with Crippen molar-refractivity contribution in [1.29, 1.82) is 0 Å². The number of hydrogen-bond donors (Lipinski definition) is 1. The van der Waals surface area contributed by atoms with Crippen molar-refractivity contribution >= 4 is 17.4 Å². The van der Waals surface area contributed by atoms with Crippen LogP contribution in [0.15, 0.2) is 103 Å². The Hall–Kier alpha value is -4.12. The fraction of sp³-hybridized carbons (Fsp3) is 0.111. The molecule has 3 aromatic carbocycles. The number of Topliss-reactive ketones (excluding diaryl/α,β-unsaturated/α-hetero) is 1. The summed E-state index contributed by atoms with van der Waals surface area (Å²) in [5.41, 5.74) is 2.17. The van der Waals surface area contributed by atoms with Crippen molar-refractivity contribution in [3.63, 3.8) is 0 Å². The maximum atomic E-state index is 13.1. The van der Waals surface area contributed by atoms with E-state index in [-0.39, 0.29) is 17.9 Å². The van der Waals surface area contributed by atoms with Gasteiger partial charge in [0.1, 0.15) is 18.1 Å². The molecule has 1 heterocycles. The number of likely N-dealkylation sites (tertiary alicyclic amines) is 1. The van der Waals surface area contributed by atoms with E-state index in [9.17, 15) is 14.7 Å². The van der Waals surface area contributed by atoms with Crippen LogP contribution in [0, 0.1) is 0 Å². The molecule has 1 N–H and O–H groups in total. The van der Waals surface area contributed by atoms with E-state index in [1.54, 1.807) is 42.5 Å². The van der Waals surface area contributed by atoms with Gasteiger partial charge in [0, 0.05) is 12.1 Å². The predicted molar refractivity (Wildman–Crippen MR) is 123 cm³/mol. The van der Waals surface area contributed by atoms with Gasteiger partial charge in [-0.25, -0.2) is 0 Å². The maximum absolute atomic E-state index is 13.1. The molecule has 0 spiro atoms. The van der Waals surface area contributed by atoms with Crippen LogP contribution in [0.25, 0.3) is 5.76 Å². The van der Waals surface area contributed by atoms with Crippen molar-refractivity contribution in [1.82, 2.24) is 4.90 Å². The van der Waals surface area contributed by atoms with Crippen molar-refractivity contribution in [2.45, 2.75) is 12.6 Å². The Balaban J connectivity index is 1.80. The first-order valence-corrected chi connectivity index (χ1v) is 10.3. The molecule has 0 radical (unpaired) electrons. The van der Waals surface area contributed by atoms with Gasteiger partial charge in [-0.15, -0.1) is 0 Å². The van der Waals surface area contributed by atoms with Gasteiger partial charge in [0.2, 0.25) is 0 Å². The van der Waals surface area contributed by atoms with Crippen LogP contribution in [0.5, 0.6) is 5.75 Å². The summed E-state index contributed by atoms with van der Waals surface area (Å²) < 4.78 is 5.55. The summed E-state index contributed by atoms with van der Waals surface area (Å²) in [5.74, 6) is -0.865. The van der Waals surface area contributed by atoms with Crippen LogP contribution in [0.1, 0.15) is 22.7 Å². The summed E-state index contributed by atoms with van der Waals surface area (Å²) in [4.78, 5) is 27.6. The molecule has 3 aromatic rings. The molecule has 1 amide bonds. The Bertz CT molecular complexity index is 1150.